The molecule has 1 aromatic carbocycles. The maximum Gasteiger partial charge on any atom is 0.406 e. The van der Waals surface area contributed by atoms with Gasteiger partial charge in [-0.3, -0.25) is 4.79 Å². The van der Waals surface area contributed by atoms with Crippen molar-refractivity contribution in [3.05, 3.63) is 24.3 Å². The van der Waals surface area contributed by atoms with E-state index in [9.17, 15) is 9.59 Å². The summed E-state index contributed by atoms with van der Waals surface area (Å²) in [5.74, 6) is 0.622. The molecule has 1 aromatic rings. The van der Waals surface area contributed by atoms with Crippen LogP contribution in [0.4, 0.5) is 10.5 Å². The van der Waals surface area contributed by atoms with Crippen LogP contribution >= 0.6 is 0 Å². The first-order valence-electron chi connectivity index (χ1n) is 5.82. The molecule has 104 valence electrons. The number of nitrogens with one attached hydrogen (secondary N) is 1. The molecule has 0 spiro atoms. The van der Waals surface area contributed by atoms with Crippen LogP contribution in [0.15, 0.2) is 24.3 Å². The number of carbonyl (C=O) groups is 2. The average molecular weight is 266 g/mol. The molecule has 0 saturated heterocycles. The van der Waals surface area contributed by atoms with Crippen LogP contribution in [-0.4, -0.2) is 39.3 Å². The second kappa shape index (κ2) is 7.25. The SMILES string of the molecule is COC(=O)NCCN(C(C)=O)c1ccc(OC)cc1. The standard InChI is InChI=1S/C13H18N2O4/c1-10(16)15(9-8-14-13(17)19-3)11-4-6-12(18-2)7-5-11/h4-7H,8-9H2,1-3H3,(H,14,17). The zero-order valence-corrected chi connectivity index (χ0v) is 11.3. The third kappa shape index (κ3) is 4.50. The van der Waals surface area contributed by atoms with Gasteiger partial charge in [-0.2, -0.15) is 0 Å². The number of rotatable bonds is 5. The molecule has 6 heteroatoms. The lowest BCUT2D eigenvalue weighted by atomic mass is 10.2. The quantitative estimate of drug-likeness (QED) is 0.874. The molecule has 0 aliphatic rings. The van der Waals surface area contributed by atoms with Crippen molar-refractivity contribution in [2.75, 3.05) is 32.2 Å². The summed E-state index contributed by atoms with van der Waals surface area (Å²) < 4.78 is 9.52. The summed E-state index contributed by atoms with van der Waals surface area (Å²) >= 11 is 0. The molecule has 0 bridgehead atoms. The molecule has 1 N–H and O–H groups in total. The summed E-state index contributed by atoms with van der Waals surface area (Å²) in [5, 5.41) is 2.53. The second-order valence-electron chi connectivity index (χ2n) is 3.79. The fourth-order valence-corrected chi connectivity index (χ4v) is 1.57. The van der Waals surface area contributed by atoms with Crippen molar-refractivity contribution in [1.29, 1.82) is 0 Å². The minimum Gasteiger partial charge on any atom is -0.497 e. The molecule has 19 heavy (non-hydrogen) atoms. The van der Waals surface area contributed by atoms with Crippen molar-refractivity contribution >= 4 is 17.7 Å². The van der Waals surface area contributed by atoms with E-state index < -0.39 is 6.09 Å². The van der Waals surface area contributed by atoms with Crippen molar-refractivity contribution < 1.29 is 19.1 Å². The Balaban J connectivity index is 2.66. The van der Waals surface area contributed by atoms with E-state index in [4.69, 9.17) is 4.74 Å². The molecule has 1 rings (SSSR count). The highest BCUT2D eigenvalue weighted by Crippen LogP contribution is 2.19. The molecule has 2 amide bonds. The summed E-state index contributed by atoms with van der Waals surface area (Å²) in [4.78, 5) is 24.1. The fraction of sp³-hybridized carbons (Fsp3) is 0.385. The molecule has 0 atom stereocenters. The van der Waals surface area contributed by atoms with E-state index in [2.05, 4.69) is 10.1 Å². The van der Waals surface area contributed by atoms with Gasteiger partial charge in [0.25, 0.3) is 0 Å². The normalized spacial score (nSPS) is 9.63. The molecule has 0 unspecified atom stereocenters. The molecule has 0 saturated carbocycles. The molecular weight excluding hydrogens is 248 g/mol. The topological polar surface area (TPSA) is 67.9 Å². The first kappa shape index (κ1) is 14.8. The van der Waals surface area contributed by atoms with Crippen LogP contribution in [0.2, 0.25) is 0 Å². The first-order valence-corrected chi connectivity index (χ1v) is 5.82. The van der Waals surface area contributed by atoms with Crippen LogP contribution in [0.1, 0.15) is 6.92 Å². The number of carbonyl (C=O) groups excluding carboxylic acids is 2. The number of alkyl carbamates (subject to hydrolysis) is 1. The lowest BCUT2D eigenvalue weighted by Crippen LogP contribution is -2.37. The number of hydrogen-bond donors (Lipinski definition) is 1. The average Bonchev–Trinajstić information content (AvgIpc) is 2.43. The largest absolute Gasteiger partial charge is 0.497 e. The Labute approximate surface area is 112 Å². The lowest BCUT2D eigenvalue weighted by Gasteiger charge is -2.21. The smallest absolute Gasteiger partial charge is 0.406 e. The molecule has 0 aliphatic heterocycles. The molecule has 0 radical (unpaired) electrons. The maximum absolute atomic E-state index is 11.6. The van der Waals surface area contributed by atoms with Crippen LogP contribution in [0, 0.1) is 0 Å². The Morgan fingerprint density at radius 2 is 1.84 bits per heavy atom. The zero-order valence-electron chi connectivity index (χ0n) is 11.3. The second-order valence-corrected chi connectivity index (χ2v) is 3.79. The Morgan fingerprint density at radius 1 is 1.21 bits per heavy atom. The predicted octanol–water partition coefficient (Wildman–Crippen LogP) is 1.40. The molecule has 0 heterocycles. The third-order valence-electron chi connectivity index (χ3n) is 2.55. The maximum atomic E-state index is 11.6. The van der Waals surface area contributed by atoms with Gasteiger partial charge in [-0.05, 0) is 24.3 Å². The van der Waals surface area contributed by atoms with Gasteiger partial charge in [0.2, 0.25) is 5.91 Å². The molecule has 0 aliphatic carbocycles. The molecule has 0 aromatic heterocycles. The number of amides is 2. The number of ether oxygens (including phenoxy) is 2. The summed E-state index contributed by atoms with van der Waals surface area (Å²) in [6.07, 6.45) is -0.516. The van der Waals surface area contributed by atoms with E-state index >= 15 is 0 Å². The van der Waals surface area contributed by atoms with Crippen LogP contribution in [0.3, 0.4) is 0 Å². The first-order chi connectivity index (χ1) is 9.08. The highest BCUT2D eigenvalue weighted by atomic mass is 16.5. The summed E-state index contributed by atoms with van der Waals surface area (Å²) in [7, 11) is 2.87. The van der Waals surface area contributed by atoms with Crippen LogP contribution in [0.5, 0.6) is 5.75 Å². The van der Waals surface area contributed by atoms with Gasteiger partial charge in [-0.1, -0.05) is 0 Å². The van der Waals surface area contributed by atoms with Gasteiger partial charge >= 0.3 is 6.09 Å². The van der Waals surface area contributed by atoms with Gasteiger partial charge in [0.05, 0.1) is 14.2 Å². The van der Waals surface area contributed by atoms with Gasteiger partial charge in [-0.25, -0.2) is 4.79 Å². The lowest BCUT2D eigenvalue weighted by molar-refractivity contribution is -0.116. The third-order valence-corrected chi connectivity index (χ3v) is 2.55. The van der Waals surface area contributed by atoms with Crippen LogP contribution in [-0.2, 0) is 9.53 Å². The monoisotopic (exact) mass is 266 g/mol. The van der Waals surface area contributed by atoms with Crippen molar-refractivity contribution in [2.24, 2.45) is 0 Å². The fourth-order valence-electron chi connectivity index (χ4n) is 1.57. The Bertz CT molecular complexity index is 431. The summed E-state index contributed by atoms with van der Waals surface area (Å²) in [5.41, 5.74) is 0.750. The van der Waals surface area contributed by atoms with Crippen molar-refractivity contribution in [2.45, 2.75) is 6.92 Å². The zero-order chi connectivity index (χ0) is 14.3. The Hall–Kier alpha value is -2.24. The number of hydrogen-bond acceptors (Lipinski definition) is 4. The van der Waals surface area contributed by atoms with E-state index in [1.807, 2.05) is 0 Å². The van der Waals surface area contributed by atoms with Gasteiger partial charge in [0, 0.05) is 25.7 Å². The van der Waals surface area contributed by atoms with Crippen molar-refractivity contribution in [3.63, 3.8) is 0 Å². The summed E-state index contributed by atoms with van der Waals surface area (Å²) in [6, 6.07) is 7.13. The van der Waals surface area contributed by atoms with Crippen LogP contribution in [0.25, 0.3) is 0 Å². The van der Waals surface area contributed by atoms with Crippen molar-refractivity contribution in [3.8, 4) is 5.75 Å². The van der Waals surface area contributed by atoms with Crippen molar-refractivity contribution in [1.82, 2.24) is 5.32 Å². The summed E-state index contributed by atoms with van der Waals surface area (Å²) in [6.45, 7) is 2.16. The van der Waals surface area contributed by atoms with E-state index in [0.29, 0.717) is 13.1 Å². The van der Waals surface area contributed by atoms with E-state index in [1.54, 1.807) is 36.3 Å². The van der Waals surface area contributed by atoms with Gasteiger partial charge in [0.1, 0.15) is 5.75 Å². The Morgan fingerprint density at radius 3 is 2.32 bits per heavy atom. The highest BCUT2D eigenvalue weighted by molar-refractivity contribution is 5.91. The minimum absolute atomic E-state index is 0.100. The van der Waals surface area contributed by atoms with E-state index in [-0.39, 0.29) is 5.91 Å². The predicted molar refractivity (Wildman–Crippen MR) is 71.4 cm³/mol. The van der Waals surface area contributed by atoms with Gasteiger partial charge < -0.3 is 19.7 Å². The molecule has 0 fully saturated rings. The highest BCUT2D eigenvalue weighted by Gasteiger charge is 2.11. The number of anilines is 1. The molecular formula is C13H18N2O4. The van der Waals surface area contributed by atoms with Gasteiger partial charge in [0.15, 0.2) is 0 Å². The minimum atomic E-state index is -0.516. The van der Waals surface area contributed by atoms with E-state index in [1.165, 1.54) is 14.0 Å². The van der Waals surface area contributed by atoms with Crippen LogP contribution < -0.4 is 15.0 Å². The van der Waals surface area contributed by atoms with Gasteiger partial charge in [-0.15, -0.1) is 0 Å². The number of methoxy groups -OCH3 is 2. The van der Waals surface area contributed by atoms with E-state index in [0.717, 1.165) is 11.4 Å². The number of nitrogens with zero attached hydrogens (tertiary/aromatic N) is 1. The number of benzene rings is 1. The Kier molecular flexibility index (Phi) is 5.66. The molecule has 6 nitrogen and oxygen atoms in total.